The third kappa shape index (κ3) is 8.45. The highest BCUT2D eigenvalue weighted by Gasteiger charge is 2.05. The van der Waals surface area contributed by atoms with E-state index < -0.39 is 0 Å². The van der Waals surface area contributed by atoms with Crippen molar-refractivity contribution in [3.05, 3.63) is 29.8 Å². The number of carbonyl (C=O) groups excluding carboxylic acids is 3. The first-order valence-corrected chi connectivity index (χ1v) is 7.54. The van der Waals surface area contributed by atoms with E-state index in [2.05, 4.69) is 21.3 Å². The van der Waals surface area contributed by atoms with Crippen molar-refractivity contribution < 1.29 is 14.4 Å². The molecule has 0 aliphatic carbocycles. The van der Waals surface area contributed by atoms with Crippen molar-refractivity contribution in [2.24, 2.45) is 0 Å². The zero-order chi connectivity index (χ0) is 17.2. The fourth-order valence-corrected chi connectivity index (χ4v) is 1.89. The number of hydrogen-bond donors (Lipinski definition) is 4. The SMILES string of the molecule is CC(=O)Nc1cccc(CNC(=O)NCCC(=O)NC(C)C)c1. The molecule has 0 saturated carbocycles. The molecule has 0 fully saturated rings. The van der Waals surface area contributed by atoms with Gasteiger partial charge in [0.05, 0.1) is 0 Å². The molecule has 0 aromatic heterocycles. The summed E-state index contributed by atoms with van der Waals surface area (Å²) in [7, 11) is 0. The number of amides is 4. The van der Waals surface area contributed by atoms with Gasteiger partial charge >= 0.3 is 6.03 Å². The maximum absolute atomic E-state index is 11.7. The molecule has 0 radical (unpaired) electrons. The van der Waals surface area contributed by atoms with Gasteiger partial charge in [-0.05, 0) is 31.5 Å². The van der Waals surface area contributed by atoms with Gasteiger partial charge in [-0.25, -0.2) is 4.79 Å². The lowest BCUT2D eigenvalue weighted by Gasteiger charge is -2.10. The first-order chi connectivity index (χ1) is 10.9. The standard InChI is InChI=1S/C16H24N4O3/c1-11(2)19-15(22)7-8-17-16(23)18-10-13-5-4-6-14(9-13)20-12(3)21/h4-6,9,11H,7-8,10H2,1-3H3,(H,19,22)(H,20,21)(H2,17,18,23). The predicted octanol–water partition coefficient (Wildman–Crippen LogP) is 1.36. The monoisotopic (exact) mass is 320 g/mol. The van der Waals surface area contributed by atoms with E-state index in [-0.39, 0.29) is 36.9 Å². The molecule has 0 atom stereocenters. The third-order valence-electron chi connectivity index (χ3n) is 2.79. The van der Waals surface area contributed by atoms with Crippen molar-refractivity contribution in [3.8, 4) is 0 Å². The van der Waals surface area contributed by atoms with E-state index in [9.17, 15) is 14.4 Å². The highest BCUT2D eigenvalue weighted by Crippen LogP contribution is 2.10. The summed E-state index contributed by atoms with van der Waals surface area (Å²) in [5.41, 5.74) is 1.55. The Hall–Kier alpha value is -2.57. The minimum Gasteiger partial charge on any atom is -0.354 e. The summed E-state index contributed by atoms with van der Waals surface area (Å²) in [4.78, 5) is 34.1. The number of rotatable bonds is 7. The van der Waals surface area contributed by atoms with E-state index in [0.717, 1.165) is 5.56 Å². The Kier molecular flexibility index (Phi) is 7.59. The summed E-state index contributed by atoms with van der Waals surface area (Å²) in [5.74, 6) is -0.240. The number of benzene rings is 1. The van der Waals surface area contributed by atoms with Gasteiger partial charge in [-0.3, -0.25) is 9.59 Å². The van der Waals surface area contributed by atoms with Gasteiger partial charge in [-0.2, -0.15) is 0 Å². The number of hydrogen-bond acceptors (Lipinski definition) is 3. The number of nitrogens with one attached hydrogen (secondary N) is 4. The first-order valence-electron chi connectivity index (χ1n) is 7.54. The molecule has 0 spiro atoms. The number of anilines is 1. The molecule has 7 nitrogen and oxygen atoms in total. The Morgan fingerprint density at radius 3 is 2.52 bits per heavy atom. The summed E-state index contributed by atoms with van der Waals surface area (Å²) in [6.07, 6.45) is 0.240. The van der Waals surface area contributed by atoms with Crippen LogP contribution in [-0.2, 0) is 16.1 Å². The largest absolute Gasteiger partial charge is 0.354 e. The van der Waals surface area contributed by atoms with Crippen molar-refractivity contribution in [1.29, 1.82) is 0 Å². The topological polar surface area (TPSA) is 99.3 Å². The van der Waals surface area contributed by atoms with Crippen LogP contribution in [0.2, 0.25) is 0 Å². The normalized spacial score (nSPS) is 10.1. The molecular formula is C16H24N4O3. The Bertz CT molecular complexity index is 558. The molecule has 0 aliphatic heterocycles. The lowest BCUT2D eigenvalue weighted by molar-refractivity contribution is -0.121. The van der Waals surface area contributed by atoms with Crippen LogP contribution in [0.25, 0.3) is 0 Å². The first kappa shape index (κ1) is 18.5. The van der Waals surface area contributed by atoms with Gasteiger partial charge in [0.15, 0.2) is 0 Å². The summed E-state index contributed by atoms with van der Waals surface area (Å²) < 4.78 is 0. The zero-order valence-electron chi connectivity index (χ0n) is 13.7. The molecule has 1 rings (SSSR count). The van der Waals surface area contributed by atoms with Crippen molar-refractivity contribution >= 4 is 23.5 Å². The van der Waals surface area contributed by atoms with Crippen molar-refractivity contribution in [1.82, 2.24) is 16.0 Å². The zero-order valence-corrected chi connectivity index (χ0v) is 13.7. The molecule has 0 aliphatic rings. The van der Waals surface area contributed by atoms with E-state index in [1.807, 2.05) is 19.9 Å². The molecule has 7 heteroatoms. The van der Waals surface area contributed by atoms with Gasteiger partial charge in [0.2, 0.25) is 11.8 Å². The Labute approximate surface area is 136 Å². The molecule has 0 heterocycles. The maximum atomic E-state index is 11.7. The summed E-state index contributed by atoms with van der Waals surface area (Å²) in [5, 5.41) is 10.8. The lowest BCUT2D eigenvalue weighted by Crippen LogP contribution is -2.38. The molecule has 1 aromatic carbocycles. The summed E-state index contributed by atoms with van der Waals surface area (Å²) in [6.45, 7) is 5.81. The summed E-state index contributed by atoms with van der Waals surface area (Å²) >= 11 is 0. The smallest absolute Gasteiger partial charge is 0.315 e. The Balaban J connectivity index is 2.30. The highest BCUT2D eigenvalue weighted by atomic mass is 16.2. The van der Waals surface area contributed by atoms with Gasteiger partial charge in [0, 0.05) is 38.2 Å². The molecule has 0 saturated heterocycles. The van der Waals surface area contributed by atoms with E-state index in [1.54, 1.807) is 18.2 Å². The molecule has 23 heavy (non-hydrogen) atoms. The molecule has 1 aromatic rings. The van der Waals surface area contributed by atoms with E-state index in [1.165, 1.54) is 6.92 Å². The fourth-order valence-electron chi connectivity index (χ4n) is 1.89. The van der Waals surface area contributed by atoms with Crippen LogP contribution >= 0.6 is 0 Å². The van der Waals surface area contributed by atoms with Crippen LogP contribution in [-0.4, -0.2) is 30.4 Å². The molecule has 0 bridgehead atoms. The second-order valence-corrected chi connectivity index (χ2v) is 5.46. The molecular weight excluding hydrogens is 296 g/mol. The Morgan fingerprint density at radius 2 is 1.87 bits per heavy atom. The van der Waals surface area contributed by atoms with Gasteiger partial charge in [0.1, 0.15) is 0 Å². The second kappa shape index (κ2) is 9.45. The maximum Gasteiger partial charge on any atom is 0.315 e. The number of carbonyl (C=O) groups is 3. The van der Waals surface area contributed by atoms with Gasteiger partial charge in [-0.1, -0.05) is 12.1 Å². The van der Waals surface area contributed by atoms with Crippen molar-refractivity contribution in [2.75, 3.05) is 11.9 Å². The molecule has 126 valence electrons. The van der Waals surface area contributed by atoms with Gasteiger partial charge in [-0.15, -0.1) is 0 Å². The van der Waals surface area contributed by atoms with Crippen LogP contribution in [0.15, 0.2) is 24.3 Å². The molecule has 4 amide bonds. The van der Waals surface area contributed by atoms with Crippen LogP contribution in [0.5, 0.6) is 0 Å². The van der Waals surface area contributed by atoms with Crippen LogP contribution in [0.1, 0.15) is 32.8 Å². The number of urea groups is 1. The average Bonchev–Trinajstić information content (AvgIpc) is 2.44. The van der Waals surface area contributed by atoms with Crippen LogP contribution < -0.4 is 21.3 Å². The summed E-state index contributed by atoms with van der Waals surface area (Å²) in [6, 6.07) is 6.97. The van der Waals surface area contributed by atoms with Crippen molar-refractivity contribution in [3.63, 3.8) is 0 Å². The Morgan fingerprint density at radius 1 is 1.13 bits per heavy atom. The van der Waals surface area contributed by atoms with Crippen LogP contribution in [0.4, 0.5) is 10.5 Å². The minimum absolute atomic E-state index is 0.0900. The molecule has 0 unspecified atom stereocenters. The third-order valence-corrected chi connectivity index (χ3v) is 2.79. The van der Waals surface area contributed by atoms with Crippen molar-refractivity contribution in [2.45, 2.75) is 39.8 Å². The van der Waals surface area contributed by atoms with E-state index >= 15 is 0 Å². The van der Waals surface area contributed by atoms with Crippen LogP contribution in [0.3, 0.4) is 0 Å². The average molecular weight is 320 g/mol. The van der Waals surface area contributed by atoms with E-state index in [0.29, 0.717) is 12.2 Å². The molecule has 4 N–H and O–H groups in total. The van der Waals surface area contributed by atoms with Crippen LogP contribution in [0, 0.1) is 0 Å². The quantitative estimate of drug-likeness (QED) is 0.610. The van der Waals surface area contributed by atoms with Gasteiger partial charge in [0.25, 0.3) is 0 Å². The second-order valence-electron chi connectivity index (χ2n) is 5.46. The minimum atomic E-state index is -0.340. The van der Waals surface area contributed by atoms with Gasteiger partial charge < -0.3 is 21.3 Å². The lowest BCUT2D eigenvalue weighted by atomic mass is 10.2. The van der Waals surface area contributed by atoms with E-state index in [4.69, 9.17) is 0 Å². The highest BCUT2D eigenvalue weighted by molar-refractivity contribution is 5.88. The predicted molar refractivity (Wildman–Crippen MR) is 88.9 cm³/mol. The fraction of sp³-hybridized carbons (Fsp3) is 0.438.